The van der Waals surface area contributed by atoms with E-state index in [-0.39, 0.29) is 11.9 Å². The predicted molar refractivity (Wildman–Crippen MR) is 86.5 cm³/mol. The molecule has 26 heavy (non-hydrogen) atoms. The van der Waals surface area contributed by atoms with Crippen LogP contribution in [0.4, 0.5) is 8.78 Å². The Bertz CT molecular complexity index is 910. The summed E-state index contributed by atoms with van der Waals surface area (Å²) in [5.41, 5.74) is 6.69. The van der Waals surface area contributed by atoms with Crippen LogP contribution in [0.1, 0.15) is 24.0 Å². The first kappa shape index (κ1) is 16.7. The van der Waals surface area contributed by atoms with Crippen LogP contribution in [0.3, 0.4) is 0 Å². The zero-order valence-electron chi connectivity index (χ0n) is 13.8. The van der Waals surface area contributed by atoms with Crippen LogP contribution in [0.15, 0.2) is 28.9 Å². The maximum absolute atomic E-state index is 13.3. The topological polar surface area (TPSA) is 98.9 Å². The van der Waals surface area contributed by atoms with E-state index >= 15 is 0 Å². The number of aromatic nitrogens is 5. The highest BCUT2D eigenvalue weighted by molar-refractivity contribution is 5.54. The second-order valence-electron chi connectivity index (χ2n) is 6.21. The summed E-state index contributed by atoms with van der Waals surface area (Å²) in [7, 11) is 0. The van der Waals surface area contributed by atoms with Crippen molar-refractivity contribution in [3.05, 3.63) is 47.6 Å². The second-order valence-corrected chi connectivity index (χ2v) is 6.21. The summed E-state index contributed by atoms with van der Waals surface area (Å²) in [6, 6.07) is 3.73. The molecule has 1 fully saturated rings. The van der Waals surface area contributed by atoms with Crippen LogP contribution in [0.5, 0.6) is 0 Å². The van der Waals surface area contributed by atoms with Gasteiger partial charge in [0.2, 0.25) is 11.7 Å². The lowest BCUT2D eigenvalue weighted by Gasteiger charge is -2.13. The van der Waals surface area contributed by atoms with Crippen LogP contribution in [0.2, 0.25) is 0 Å². The molecule has 0 bridgehead atoms. The molecule has 1 aromatic carbocycles. The van der Waals surface area contributed by atoms with Gasteiger partial charge in [0.15, 0.2) is 11.6 Å². The number of hydrogen-bond donors (Lipinski definition) is 1. The first-order chi connectivity index (χ1) is 12.6. The molecule has 0 spiro atoms. The number of likely N-dealkylation sites (tertiary alicyclic amines) is 1. The fourth-order valence-electron chi connectivity index (χ4n) is 3.02. The first-order valence-electron chi connectivity index (χ1n) is 8.23. The van der Waals surface area contributed by atoms with Crippen LogP contribution >= 0.6 is 0 Å². The Balaban J connectivity index is 1.41. The summed E-state index contributed by atoms with van der Waals surface area (Å²) in [4.78, 5) is 6.43. The van der Waals surface area contributed by atoms with Crippen LogP contribution in [-0.4, -0.2) is 43.1 Å². The summed E-state index contributed by atoms with van der Waals surface area (Å²) in [6.07, 6.45) is 2.79. The SMILES string of the molecule is NCc1cn(C2CCN(Cc3nc(-c4ccc(F)c(F)c4)no3)C2)nn1. The van der Waals surface area contributed by atoms with Crippen molar-refractivity contribution in [1.82, 2.24) is 30.0 Å². The summed E-state index contributed by atoms with van der Waals surface area (Å²) in [5, 5.41) is 12.0. The van der Waals surface area contributed by atoms with Gasteiger partial charge in [-0.3, -0.25) is 4.90 Å². The van der Waals surface area contributed by atoms with Crippen molar-refractivity contribution in [3.8, 4) is 11.4 Å². The third-order valence-corrected chi connectivity index (χ3v) is 4.39. The Morgan fingerprint density at radius 1 is 1.27 bits per heavy atom. The molecule has 1 aliphatic rings. The lowest BCUT2D eigenvalue weighted by atomic mass is 10.2. The number of halogens is 2. The van der Waals surface area contributed by atoms with Gasteiger partial charge in [-0.2, -0.15) is 4.98 Å². The van der Waals surface area contributed by atoms with Crippen molar-refractivity contribution in [2.24, 2.45) is 5.73 Å². The van der Waals surface area contributed by atoms with Crippen molar-refractivity contribution in [2.75, 3.05) is 13.1 Å². The number of nitrogens with two attached hydrogens (primary N) is 1. The lowest BCUT2D eigenvalue weighted by molar-refractivity contribution is 0.258. The Morgan fingerprint density at radius 2 is 2.15 bits per heavy atom. The molecular formula is C16H17F2N7O. The standard InChI is InChI=1S/C16H17F2N7O/c17-13-2-1-10(5-14(13)18)16-20-15(26-22-16)9-24-4-3-12(8-24)25-7-11(6-19)21-23-25/h1-2,5,7,12H,3-4,6,8-9,19H2. The van der Waals surface area contributed by atoms with E-state index in [9.17, 15) is 8.78 Å². The Morgan fingerprint density at radius 3 is 2.92 bits per heavy atom. The van der Waals surface area contributed by atoms with E-state index in [1.807, 2.05) is 10.9 Å². The summed E-state index contributed by atoms with van der Waals surface area (Å²) in [5.74, 6) is -1.20. The van der Waals surface area contributed by atoms with Gasteiger partial charge in [-0.25, -0.2) is 13.5 Å². The molecule has 1 aliphatic heterocycles. The van der Waals surface area contributed by atoms with Gasteiger partial charge in [0.1, 0.15) is 0 Å². The van der Waals surface area contributed by atoms with E-state index in [0.29, 0.717) is 24.5 Å². The average molecular weight is 361 g/mol. The number of hydrogen-bond acceptors (Lipinski definition) is 7. The molecule has 3 heterocycles. The molecular weight excluding hydrogens is 344 g/mol. The summed E-state index contributed by atoms with van der Waals surface area (Å²) < 4.78 is 33.4. The molecule has 1 atom stereocenters. The van der Waals surface area contributed by atoms with Gasteiger partial charge in [0.05, 0.1) is 24.5 Å². The highest BCUT2D eigenvalue weighted by Crippen LogP contribution is 2.23. The highest BCUT2D eigenvalue weighted by atomic mass is 19.2. The van der Waals surface area contributed by atoms with Crippen molar-refractivity contribution in [3.63, 3.8) is 0 Å². The summed E-state index contributed by atoms with van der Waals surface area (Å²) >= 11 is 0. The molecule has 2 aromatic heterocycles. The van der Waals surface area contributed by atoms with Crippen LogP contribution in [-0.2, 0) is 13.1 Å². The van der Waals surface area contributed by atoms with Crippen LogP contribution in [0, 0.1) is 11.6 Å². The second kappa shape index (κ2) is 6.89. The summed E-state index contributed by atoms with van der Waals surface area (Å²) in [6.45, 7) is 2.47. The largest absolute Gasteiger partial charge is 0.338 e. The minimum Gasteiger partial charge on any atom is -0.338 e. The molecule has 0 radical (unpaired) electrons. The number of nitrogens with zero attached hydrogens (tertiary/aromatic N) is 6. The van der Waals surface area contributed by atoms with Crippen molar-refractivity contribution >= 4 is 0 Å². The zero-order valence-corrected chi connectivity index (χ0v) is 13.8. The van der Waals surface area contributed by atoms with Crippen molar-refractivity contribution < 1.29 is 13.3 Å². The van der Waals surface area contributed by atoms with Crippen molar-refractivity contribution in [1.29, 1.82) is 0 Å². The number of rotatable bonds is 5. The van der Waals surface area contributed by atoms with Gasteiger partial charge < -0.3 is 10.3 Å². The minimum absolute atomic E-state index is 0.219. The molecule has 8 nitrogen and oxygen atoms in total. The van der Waals surface area contributed by atoms with E-state index in [2.05, 4.69) is 25.4 Å². The third kappa shape index (κ3) is 3.33. The molecule has 0 saturated carbocycles. The van der Waals surface area contributed by atoms with Gasteiger partial charge in [0.25, 0.3) is 0 Å². The van der Waals surface area contributed by atoms with E-state index in [1.54, 1.807) is 0 Å². The molecule has 4 rings (SSSR count). The third-order valence-electron chi connectivity index (χ3n) is 4.39. The van der Waals surface area contributed by atoms with Crippen LogP contribution < -0.4 is 5.73 Å². The van der Waals surface area contributed by atoms with Gasteiger partial charge in [-0.1, -0.05) is 10.4 Å². The van der Waals surface area contributed by atoms with E-state index in [1.165, 1.54) is 6.07 Å². The smallest absolute Gasteiger partial charge is 0.241 e. The molecule has 0 amide bonds. The molecule has 136 valence electrons. The van der Waals surface area contributed by atoms with Crippen molar-refractivity contribution in [2.45, 2.75) is 25.6 Å². The highest BCUT2D eigenvalue weighted by Gasteiger charge is 2.26. The molecule has 1 saturated heterocycles. The Labute approximate surface area is 147 Å². The lowest BCUT2D eigenvalue weighted by Crippen LogP contribution is -2.21. The first-order valence-corrected chi connectivity index (χ1v) is 8.23. The van der Waals surface area contributed by atoms with Crippen LogP contribution in [0.25, 0.3) is 11.4 Å². The molecule has 2 N–H and O–H groups in total. The molecule has 1 unspecified atom stereocenters. The Kier molecular flexibility index (Phi) is 4.43. The van der Waals surface area contributed by atoms with E-state index in [4.69, 9.17) is 10.3 Å². The predicted octanol–water partition coefficient (Wildman–Crippen LogP) is 1.51. The molecule has 10 heteroatoms. The fraction of sp³-hybridized carbons (Fsp3) is 0.375. The van der Waals surface area contributed by atoms with E-state index in [0.717, 1.165) is 37.3 Å². The van der Waals surface area contributed by atoms with Gasteiger partial charge in [0, 0.05) is 25.2 Å². The zero-order chi connectivity index (χ0) is 18.1. The number of benzene rings is 1. The van der Waals surface area contributed by atoms with Gasteiger partial charge in [-0.15, -0.1) is 5.10 Å². The maximum atomic E-state index is 13.3. The van der Waals surface area contributed by atoms with Gasteiger partial charge >= 0.3 is 0 Å². The average Bonchev–Trinajstić information content (AvgIpc) is 3.37. The maximum Gasteiger partial charge on any atom is 0.241 e. The monoisotopic (exact) mass is 361 g/mol. The minimum atomic E-state index is -0.944. The van der Waals surface area contributed by atoms with E-state index < -0.39 is 11.6 Å². The molecule has 3 aromatic rings. The Hall–Kier alpha value is -2.72. The normalized spacial score (nSPS) is 17.9. The molecule has 0 aliphatic carbocycles. The fourth-order valence-corrected chi connectivity index (χ4v) is 3.02. The quantitative estimate of drug-likeness (QED) is 0.735. The van der Waals surface area contributed by atoms with Gasteiger partial charge in [-0.05, 0) is 24.6 Å².